The lowest BCUT2D eigenvalue weighted by Crippen LogP contribution is -2.27. The molecular formula is C19H22NO7P. The van der Waals surface area contributed by atoms with E-state index in [1.807, 2.05) is 41.9 Å². The fourth-order valence-corrected chi connectivity index (χ4v) is 3.49. The highest BCUT2D eigenvalue weighted by atomic mass is 31.2. The fraction of sp³-hybridized carbons (Fsp3) is 0.263. The normalized spacial score (nSPS) is 13.8. The second-order valence-corrected chi connectivity index (χ2v) is 7.95. The lowest BCUT2D eigenvalue weighted by atomic mass is 10.2. The van der Waals surface area contributed by atoms with E-state index in [1.165, 1.54) is 6.92 Å². The number of ether oxygens (including phenoxy) is 1. The highest BCUT2D eigenvalue weighted by Gasteiger charge is 2.32. The van der Waals surface area contributed by atoms with Crippen molar-refractivity contribution >= 4 is 19.7 Å². The van der Waals surface area contributed by atoms with E-state index >= 15 is 0 Å². The number of hydrogen-bond acceptors (Lipinski definition) is 7. The summed E-state index contributed by atoms with van der Waals surface area (Å²) in [4.78, 5) is 23.4. The lowest BCUT2D eigenvalue weighted by molar-refractivity contribution is -0.143. The van der Waals surface area contributed by atoms with E-state index in [9.17, 15) is 19.3 Å². The summed E-state index contributed by atoms with van der Waals surface area (Å²) in [5.74, 6) is -1.11. The predicted molar refractivity (Wildman–Crippen MR) is 101 cm³/mol. The number of rotatable bonds is 9. The van der Waals surface area contributed by atoms with Gasteiger partial charge in [0.25, 0.3) is 0 Å². The summed E-state index contributed by atoms with van der Waals surface area (Å²) >= 11 is 0. The van der Waals surface area contributed by atoms with Crippen molar-refractivity contribution in [1.29, 1.82) is 0 Å². The molecule has 0 aliphatic heterocycles. The van der Waals surface area contributed by atoms with E-state index in [0.717, 1.165) is 11.1 Å². The fourth-order valence-electron chi connectivity index (χ4n) is 2.09. The minimum atomic E-state index is -4.07. The van der Waals surface area contributed by atoms with Crippen molar-refractivity contribution in [3.8, 4) is 0 Å². The van der Waals surface area contributed by atoms with Crippen LogP contribution in [0.15, 0.2) is 60.7 Å². The van der Waals surface area contributed by atoms with Gasteiger partial charge in [0, 0.05) is 0 Å². The standard InChI is InChI=1S/C19H22NO7P/c1-15(21)18(22)26-28(24,13-12-16-8-4-2-5-9-16)27-20-19(23)25-14-17-10-6-3-7-11-17/h2-11,15,21H,12-14H2,1H3,(H,20,23). The van der Waals surface area contributed by atoms with Crippen LogP contribution in [-0.2, 0) is 36.3 Å². The summed E-state index contributed by atoms with van der Waals surface area (Å²) in [6.07, 6.45) is -2.39. The summed E-state index contributed by atoms with van der Waals surface area (Å²) in [6, 6.07) is 18.0. The number of amides is 1. The molecule has 28 heavy (non-hydrogen) atoms. The van der Waals surface area contributed by atoms with Crippen LogP contribution in [0.3, 0.4) is 0 Å². The van der Waals surface area contributed by atoms with E-state index in [4.69, 9.17) is 13.9 Å². The molecule has 0 spiro atoms. The van der Waals surface area contributed by atoms with Gasteiger partial charge in [-0.05, 0) is 24.5 Å². The van der Waals surface area contributed by atoms with Gasteiger partial charge in [0.1, 0.15) is 12.7 Å². The molecule has 2 rings (SSSR count). The molecule has 0 aromatic heterocycles. The van der Waals surface area contributed by atoms with Gasteiger partial charge in [-0.2, -0.15) is 10.1 Å². The van der Waals surface area contributed by atoms with Gasteiger partial charge in [0.2, 0.25) is 0 Å². The molecular weight excluding hydrogens is 385 g/mol. The van der Waals surface area contributed by atoms with E-state index < -0.39 is 25.8 Å². The van der Waals surface area contributed by atoms with Crippen molar-refractivity contribution in [1.82, 2.24) is 5.48 Å². The minimum absolute atomic E-state index is 0.0161. The van der Waals surface area contributed by atoms with Crippen LogP contribution in [0.5, 0.6) is 0 Å². The quantitative estimate of drug-likeness (QED) is 0.485. The van der Waals surface area contributed by atoms with E-state index in [1.54, 1.807) is 24.3 Å². The molecule has 0 aliphatic carbocycles. The molecule has 150 valence electrons. The van der Waals surface area contributed by atoms with Crippen LogP contribution in [-0.4, -0.2) is 29.4 Å². The topological polar surface area (TPSA) is 111 Å². The zero-order valence-corrected chi connectivity index (χ0v) is 16.2. The van der Waals surface area contributed by atoms with Gasteiger partial charge in [-0.25, -0.2) is 14.2 Å². The molecule has 8 nitrogen and oxygen atoms in total. The van der Waals surface area contributed by atoms with Gasteiger partial charge in [0.05, 0.1) is 6.16 Å². The summed E-state index contributed by atoms with van der Waals surface area (Å²) in [5, 5.41) is 9.29. The molecule has 2 aromatic carbocycles. The number of benzene rings is 2. The minimum Gasteiger partial charge on any atom is -0.443 e. The van der Waals surface area contributed by atoms with E-state index in [-0.39, 0.29) is 19.2 Å². The van der Waals surface area contributed by atoms with Crippen LogP contribution in [0, 0.1) is 0 Å². The molecule has 0 fully saturated rings. The third-order valence-corrected chi connectivity index (χ3v) is 5.17. The zero-order valence-electron chi connectivity index (χ0n) is 15.3. The van der Waals surface area contributed by atoms with Crippen molar-refractivity contribution in [2.75, 3.05) is 6.16 Å². The largest absolute Gasteiger partial charge is 0.443 e. The first-order valence-electron chi connectivity index (χ1n) is 8.58. The molecule has 0 radical (unpaired) electrons. The Kier molecular flexibility index (Phi) is 8.19. The summed E-state index contributed by atoms with van der Waals surface area (Å²) in [5.41, 5.74) is 3.48. The SMILES string of the molecule is CC(O)C(=O)OP(=O)(CCc1ccccc1)ONC(=O)OCc1ccccc1. The van der Waals surface area contributed by atoms with Crippen molar-refractivity contribution in [3.05, 3.63) is 71.8 Å². The second-order valence-electron chi connectivity index (χ2n) is 5.91. The van der Waals surface area contributed by atoms with Gasteiger partial charge >= 0.3 is 19.7 Å². The number of carbonyl (C=O) groups is 2. The summed E-state index contributed by atoms with van der Waals surface area (Å²) < 4.78 is 27.5. The highest BCUT2D eigenvalue weighted by Crippen LogP contribution is 2.48. The van der Waals surface area contributed by atoms with Crippen LogP contribution in [0.1, 0.15) is 18.1 Å². The molecule has 2 atom stereocenters. The first-order valence-corrected chi connectivity index (χ1v) is 10.3. The molecule has 2 aromatic rings. The summed E-state index contributed by atoms with van der Waals surface area (Å²) in [6.45, 7) is 1.16. The van der Waals surface area contributed by atoms with Crippen molar-refractivity contribution in [2.45, 2.75) is 26.1 Å². The Morgan fingerprint density at radius 1 is 1.04 bits per heavy atom. The summed E-state index contributed by atoms with van der Waals surface area (Å²) in [7, 11) is -4.07. The van der Waals surface area contributed by atoms with E-state index in [0.29, 0.717) is 0 Å². The van der Waals surface area contributed by atoms with Crippen LogP contribution < -0.4 is 5.48 Å². The van der Waals surface area contributed by atoms with Crippen LogP contribution in [0.25, 0.3) is 0 Å². The van der Waals surface area contributed by atoms with Crippen LogP contribution >= 0.6 is 7.60 Å². The average molecular weight is 407 g/mol. The molecule has 0 saturated carbocycles. The van der Waals surface area contributed by atoms with Crippen molar-refractivity contribution in [3.63, 3.8) is 0 Å². The predicted octanol–water partition coefficient (Wildman–Crippen LogP) is 3.20. The molecule has 0 saturated heterocycles. The van der Waals surface area contributed by atoms with Crippen molar-refractivity contribution in [2.24, 2.45) is 0 Å². The lowest BCUT2D eigenvalue weighted by Gasteiger charge is -2.18. The molecule has 0 aliphatic rings. The molecule has 2 N–H and O–H groups in total. The average Bonchev–Trinajstić information content (AvgIpc) is 2.71. The van der Waals surface area contributed by atoms with Crippen LogP contribution in [0.2, 0.25) is 0 Å². The Bertz CT molecular complexity index is 812. The first-order chi connectivity index (χ1) is 13.4. The zero-order chi connectivity index (χ0) is 20.4. The smallest absolute Gasteiger partial charge is 0.432 e. The Hall–Kier alpha value is -2.67. The third-order valence-electron chi connectivity index (χ3n) is 3.57. The molecule has 1 amide bonds. The second kappa shape index (κ2) is 10.6. The maximum Gasteiger partial charge on any atom is 0.432 e. The monoisotopic (exact) mass is 407 g/mol. The van der Waals surface area contributed by atoms with Gasteiger partial charge in [0.15, 0.2) is 0 Å². The van der Waals surface area contributed by atoms with Crippen LogP contribution in [0.4, 0.5) is 4.79 Å². The number of hydrogen-bond donors (Lipinski definition) is 2. The number of aryl methyl sites for hydroxylation is 1. The maximum atomic E-state index is 12.8. The number of nitrogens with one attached hydrogen (secondary N) is 1. The van der Waals surface area contributed by atoms with Gasteiger partial charge < -0.3 is 14.4 Å². The van der Waals surface area contributed by atoms with E-state index in [2.05, 4.69) is 0 Å². The number of hydroxylamine groups is 1. The first kappa shape index (κ1) is 21.6. The molecule has 0 heterocycles. The maximum absolute atomic E-state index is 12.8. The molecule has 9 heteroatoms. The Morgan fingerprint density at radius 2 is 1.61 bits per heavy atom. The van der Waals surface area contributed by atoms with Gasteiger partial charge in [-0.3, -0.25) is 0 Å². The third kappa shape index (κ3) is 7.52. The Morgan fingerprint density at radius 3 is 2.18 bits per heavy atom. The Labute approximate surface area is 162 Å². The van der Waals surface area contributed by atoms with Gasteiger partial charge in [-0.1, -0.05) is 60.7 Å². The number of aliphatic hydroxyl groups excluding tert-OH is 1. The van der Waals surface area contributed by atoms with Gasteiger partial charge in [-0.15, -0.1) is 0 Å². The Balaban J connectivity index is 1.93. The highest BCUT2D eigenvalue weighted by molar-refractivity contribution is 7.54. The number of carbonyl (C=O) groups excluding carboxylic acids is 2. The molecule has 0 bridgehead atoms. The number of aliphatic hydroxyl groups is 1. The van der Waals surface area contributed by atoms with Crippen molar-refractivity contribution < 1.29 is 33.1 Å². The molecule has 2 unspecified atom stereocenters.